The van der Waals surface area contributed by atoms with E-state index < -0.39 is 0 Å². The number of rotatable bonds is 3. The maximum atomic E-state index is 12.6. The molecule has 6 heteroatoms. The lowest BCUT2D eigenvalue weighted by molar-refractivity contribution is 0.0724. The molecule has 142 valence electrons. The van der Waals surface area contributed by atoms with E-state index >= 15 is 0 Å². The zero-order valence-electron chi connectivity index (χ0n) is 15.6. The molecule has 2 aromatic rings. The van der Waals surface area contributed by atoms with E-state index in [1.807, 2.05) is 36.9 Å². The van der Waals surface area contributed by atoms with E-state index in [0.717, 1.165) is 43.7 Å². The van der Waals surface area contributed by atoms with Crippen LogP contribution in [0.25, 0.3) is 0 Å². The van der Waals surface area contributed by atoms with Gasteiger partial charge in [-0.2, -0.15) is 0 Å². The summed E-state index contributed by atoms with van der Waals surface area (Å²) in [6.07, 6.45) is 5.62. The molecule has 0 N–H and O–H groups in total. The number of para-hydroxylation sites is 1. The van der Waals surface area contributed by atoms with Crippen LogP contribution in [0.3, 0.4) is 0 Å². The van der Waals surface area contributed by atoms with Gasteiger partial charge in [-0.05, 0) is 45.2 Å². The maximum Gasteiger partial charge on any atom is 0.255 e. The van der Waals surface area contributed by atoms with E-state index in [1.54, 1.807) is 6.07 Å². The summed E-state index contributed by atoms with van der Waals surface area (Å²) in [5.74, 6) is 1.56. The third-order valence-corrected chi connectivity index (χ3v) is 5.23. The number of likely N-dealkylation sites (tertiary alicyclic amines) is 1. The Morgan fingerprint density at radius 2 is 2.04 bits per heavy atom. The van der Waals surface area contributed by atoms with Crippen LogP contribution in [0.5, 0.6) is 17.4 Å². The summed E-state index contributed by atoms with van der Waals surface area (Å²) in [4.78, 5) is 18.8. The quantitative estimate of drug-likeness (QED) is 0.755. The molecule has 5 nitrogen and oxygen atoms in total. The second-order valence-corrected chi connectivity index (χ2v) is 8.16. The first-order valence-corrected chi connectivity index (χ1v) is 9.74. The number of fused-ring (bicyclic) bond motifs is 1. The highest BCUT2D eigenvalue weighted by molar-refractivity contribution is 6.32. The van der Waals surface area contributed by atoms with Gasteiger partial charge >= 0.3 is 0 Å². The number of halogens is 1. The Labute approximate surface area is 164 Å². The van der Waals surface area contributed by atoms with Crippen LogP contribution in [0.2, 0.25) is 5.02 Å². The molecule has 4 rings (SSSR count). The number of piperidine rings is 1. The third kappa shape index (κ3) is 3.74. The largest absolute Gasteiger partial charge is 0.483 e. The number of ether oxygens (including phenoxy) is 2. The zero-order valence-corrected chi connectivity index (χ0v) is 16.4. The van der Waals surface area contributed by atoms with E-state index in [9.17, 15) is 4.79 Å². The second kappa shape index (κ2) is 7.04. The number of benzene rings is 1. The van der Waals surface area contributed by atoms with Gasteiger partial charge in [-0.3, -0.25) is 4.79 Å². The van der Waals surface area contributed by atoms with Crippen molar-refractivity contribution in [2.75, 3.05) is 13.1 Å². The van der Waals surface area contributed by atoms with Crippen LogP contribution in [-0.2, 0) is 6.42 Å². The first-order valence-electron chi connectivity index (χ1n) is 9.36. The molecule has 0 unspecified atom stereocenters. The van der Waals surface area contributed by atoms with Crippen LogP contribution in [0, 0.1) is 0 Å². The average molecular weight is 387 g/mol. The van der Waals surface area contributed by atoms with Crippen LogP contribution < -0.4 is 9.47 Å². The van der Waals surface area contributed by atoms with Crippen molar-refractivity contribution in [1.82, 2.24) is 9.88 Å². The summed E-state index contributed by atoms with van der Waals surface area (Å²) in [6.45, 7) is 5.67. The number of carbonyl (C=O) groups excluding carboxylic acids is 1. The third-order valence-electron chi connectivity index (χ3n) is 4.96. The van der Waals surface area contributed by atoms with E-state index in [1.165, 1.54) is 12.6 Å². The molecule has 27 heavy (non-hydrogen) atoms. The van der Waals surface area contributed by atoms with Gasteiger partial charge in [0, 0.05) is 31.3 Å². The summed E-state index contributed by atoms with van der Waals surface area (Å²) in [5.41, 5.74) is 1.33. The van der Waals surface area contributed by atoms with Gasteiger partial charge < -0.3 is 14.4 Å². The number of amides is 1. The monoisotopic (exact) mass is 386 g/mol. The van der Waals surface area contributed by atoms with Crippen molar-refractivity contribution in [3.63, 3.8) is 0 Å². The maximum absolute atomic E-state index is 12.6. The van der Waals surface area contributed by atoms with E-state index in [-0.39, 0.29) is 17.4 Å². The Kier molecular flexibility index (Phi) is 4.72. The molecule has 3 heterocycles. The molecule has 1 aromatic heterocycles. The highest BCUT2D eigenvalue weighted by Gasteiger charge is 2.32. The normalized spacial score (nSPS) is 18.0. The van der Waals surface area contributed by atoms with Crippen LogP contribution >= 0.6 is 11.6 Å². The van der Waals surface area contributed by atoms with Gasteiger partial charge in [-0.15, -0.1) is 0 Å². The Morgan fingerprint density at radius 3 is 2.78 bits per heavy atom. The molecule has 1 amide bonds. The highest BCUT2D eigenvalue weighted by Crippen LogP contribution is 2.43. The summed E-state index contributed by atoms with van der Waals surface area (Å²) in [7, 11) is 0. The predicted octanol–water partition coefficient (Wildman–Crippen LogP) is 4.87. The van der Waals surface area contributed by atoms with E-state index in [4.69, 9.17) is 21.1 Å². The van der Waals surface area contributed by atoms with E-state index in [2.05, 4.69) is 4.98 Å². The number of carbonyl (C=O) groups is 1. The molecule has 2 aliphatic rings. The summed E-state index contributed by atoms with van der Waals surface area (Å²) >= 11 is 6.37. The van der Waals surface area contributed by atoms with Gasteiger partial charge in [0.2, 0.25) is 5.88 Å². The molecule has 0 saturated carbocycles. The molecule has 0 aliphatic carbocycles. The molecule has 0 bridgehead atoms. The lowest BCUT2D eigenvalue weighted by Crippen LogP contribution is -2.35. The first kappa shape index (κ1) is 18.1. The van der Waals surface area contributed by atoms with Crippen molar-refractivity contribution in [3.8, 4) is 17.4 Å². The number of hydrogen-bond acceptors (Lipinski definition) is 4. The standard InChI is InChI=1S/C21H23ClN2O3/c1-21(2)12-14-7-6-8-17(18(14)27-21)26-19-16(22)11-15(13-23-19)20(25)24-9-4-3-5-10-24/h6-8,11,13H,3-5,9-10,12H2,1-2H3. The fourth-order valence-corrected chi connectivity index (χ4v) is 3.87. The number of aromatic nitrogens is 1. The van der Waals surface area contributed by atoms with E-state index in [0.29, 0.717) is 16.3 Å². The van der Waals surface area contributed by atoms with Gasteiger partial charge in [0.25, 0.3) is 5.91 Å². The van der Waals surface area contributed by atoms with Gasteiger partial charge in [-0.25, -0.2) is 4.98 Å². The summed E-state index contributed by atoms with van der Waals surface area (Å²) in [6, 6.07) is 7.44. The number of pyridine rings is 1. The van der Waals surface area contributed by atoms with Gasteiger partial charge in [-0.1, -0.05) is 23.7 Å². The summed E-state index contributed by atoms with van der Waals surface area (Å²) in [5, 5.41) is 0.313. The van der Waals surface area contributed by atoms with Crippen LogP contribution in [0.15, 0.2) is 30.5 Å². The molecule has 0 spiro atoms. The molecule has 2 aliphatic heterocycles. The minimum atomic E-state index is -0.260. The second-order valence-electron chi connectivity index (χ2n) is 7.75. The topological polar surface area (TPSA) is 51.7 Å². The molecule has 0 radical (unpaired) electrons. The molecule has 1 aromatic carbocycles. The lowest BCUT2D eigenvalue weighted by Gasteiger charge is -2.26. The van der Waals surface area contributed by atoms with Crippen molar-refractivity contribution < 1.29 is 14.3 Å². The lowest BCUT2D eigenvalue weighted by atomic mass is 10.0. The predicted molar refractivity (Wildman–Crippen MR) is 104 cm³/mol. The van der Waals surface area contributed by atoms with Crippen LogP contribution in [-0.4, -0.2) is 34.5 Å². The fourth-order valence-electron chi connectivity index (χ4n) is 3.67. The van der Waals surface area contributed by atoms with Crippen molar-refractivity contribution >= 4 is 17.5 Å². The van der Waals surface area contributed by atoms with Crippen LogP contribution in [0.1, 0.15) is 49.0 Å². The van der Waals surface area contributed by atoms with Crippen molar-refractivity contribution in [2.24, 2.45) is 0 Å². The molecule has 1 saturated heterocycles. The van der Waals surface area contributed by atoms with Gasteiger partial charge in [0.05, 0.1) is 5.56 Å². The molecular formula is C21H23ClN2O3. The Morgan fingerprint density at radius 1 is 1.26 bits per heavy atom. The SMILES string of the molecule is CC1(C)Cc2cccc(Oc3ncc(C(=O)N4CCCCC4)cc3Cl)c2O1. The average Bonchev–Trinajstić information content (AvgIpc) is 2.98. The number of nitrogens with zero attached hydrogens (tertiary/aromatic N) is 2. The van der Waals surface area contributed by atoms with Crippen LogP contribution in [0.4, 0.5) is 0 Å². The molecular weight excluding hydrogens is 364 g/mol. The van der Waals surface area contributed by atoms with Crippen molar-refractivity contribution in [3.05, 3.63) is 46.6 Å². The number of hydrogen-bond donors (Lipinski definition) is 0. The van der Waals surface area contributed by atoms with Crippen molar-refractivity contribution in [1.29, 1.82) is 0 Å². The minimum Gasteiger partial charge on any atom is -0.483 e. The van der Waals surface area contributed by atoms with Crippen molar-refractivity contribution in [2.45, 2.75) is 45.1 Å². The van der Waals surface area contributed by atoms with Gasteiger partial charge in [0.1, 0.15) is 10.6 Å². The Balaban J connectivity index is 1.55. The molecule has 1 fully saturated rings. The highest BCUT2D eigenvalue weighted by atomic mass is 35.5. The smallest absolute Gasteiger partial charge is 0.255 e. The fraction of sp³-hybridized carbons (Fsp3) is 0.429. The van der Waals surface area contributed by atoms with Gasteiger partial charge in [0.15, 0.2) is 11.5 Å². The first-order chi connectivity index (χ1) is 12.9. The minimum absolute atomic E-state index is 0.0265. The molecule has 0 atom stereocenters. The summed E-state index contributed by atoms with van der Waals surface area (Å²) < 4.78 is 12.0. The zero-order chi connectivity index (χ0) is 19.0. The Hall–Kier alpha value is -2.27. The Bertz CT molecular complexity index is 876.